The van der Waals surface area contributed by atoms with Crippen LogP contribution in [0.3, 0.4) is 0 Å². The topological polar surface area (TPSA) is 61.8 Å². The van der Waals surface area contributed by atoms with Crippen molar-refractivity contribution in [2.75, 3.05) is 13.7 Å². The van der Waals surface area contributed by atoms with Crippen LogP contribution in [0.25, 0.3) is 0 Å². The summed E-state index contributed by atoms with van der Waals surface area (Å²) in [6.45, 7) is 5.94. The van der Waals surface area contributed by atoms with Crippen molar-refractivity contribution in [1.29, 1.82) is 0 Å². The van der Waals surface area contributed by atoms with Gasteiger partial charge in [-0.05, 0) is 44.9 Å². The molecule has 0 spiro atoms. The molecule has 132 valence electrons. The molecule has 0 saturated heterocycles. The molecule has 0 radical (unpaired) electrons. The number of hydrogen-bond acceptors (Lipinski definition) is 5. The van der Waals surface area contributed by atoms with Crippen LogP contribution in [-0.2, 0) is 25.7 Å². The van der Waals surface area contributed by atoms with Crippen LogP contribution in [0, 0.1) is 5.41 Å². The minimum Gasteiger partial charge on any atom is -0.497 e. The third-order valence-electron chi connectivity index (χ3n) is 3.23. The summed E-state index contributed by atoms with van der Waals surface area (Å²) >= 11 is 0. The predicted molar refractivity (Wildman–Crippen MR) is 91.8 cm³/mol. The average Bonchev–Trinajstić information content (AvgIpc) is 2.56. The van der Waals surface area contributed by atoms with Crippen molar-refractivity contribution in [3.8, 4) is 5.75 Å². The number of aldehydes is 1. The van der Waals surface area contributed by atoms with Gasteiger partial charge in [0.1, 0.15) is 24.7 Å². The van der Waals surface area contributed by atoms with Crippen LogP contribution in [0.15, 0.2) is 36.4 Å². The second-order valence-corrected chi connectivity index (χ2v) is 6.39. The van der Waals surface area contributed by atoms with E-state index in [0.717, 1.165) is 17.6 Å². The molecule has 0 saturated carbocycles. The summed E-state index contributed by atoms with van der Waals surface area (Å²) in [4.78, 5) is 22.6. The summed E-state index contributed by atoms with van der Waals surface area (Å²) in [5, 5.41) is 0. The Balaban J connectivity index is 2.32. The Morgan fingerprint density at radius 1 is 1.17 bits per heavy atom. The number of ether oxygens (including phenoxy) is 3. The smallest absolute Gasteiger partial charge is 0.311 e. The first-order valence-corrected chi connectivity index (χ1v) is 7.89. The first-order valence-electron chi connectivity index (χ1n) is 7.89. The maximum atomic E-state index is 11.6. The van der Waals surface area contributed by atoms with Crippen LogP contribution in [-0.4, -0.2) is 32.1 Å². The molecule has 5 nitrogen and oxygen atoms in total. The molecule has 0 aliphatic carbocycles. The van der Waals surface area contributed by atoms with Gasteiger partial charge in [-0.15, -0.1) is 0 Å². The monoisotopic (exact) mass is 334 g/mol. The van der Waals surface area contributed by atoms with E-state index in [1.807, 2.05) is 24.3 Å². The SMILES string of the molecule is COc1ccc(COC(C=O)CC=CCOC(=O)C(C)(C)C)cc1. The molecule has 0 aliphatic rings. The quantitative estimate of drug-likeness (QED) is 0.394. The molecule has 0 aliphatic heterocycles. The summed E-state index contributed by atoms with van der Waals surface area (Å²) in [7, 11) is 1.61. The minimum absolute atomic E-state index is 0.195. The molecular formula is C19H26O5. The molecule has 0 bridgehead atoms. The first-order chi connectivity index (χ1) is 11.4. The fraction of sp³-hybridized carbons (Fsp3) is 0.474. The molecule has 1 rings (SSSR count). The normalized spacial score (nSPS) is 12.8. The van der Waals surface area contributed by atoms with Crippen LogP contribution in [0.4, 0.5) is 0 Å². The van der Waals surface area contributed by atoms with Gasteiger partial charge in [0.15, 0.2) is 0 Å². The van der Waals surface area contributed by atoms with E-state index in [1.165, 1.54) is 0 Å². The van der Waals surface area contributed by atoms with E-state index < -0.39 is 11.5 Å². The maximum absolute atomic E-state index is 11.6. The molecule has 0 fully saturated rings. The summed E-state index contributed by atoms with van der Waals surface area (Å²) in [5.74, 6) is 0.522. The van der Waals surface area contributed by atoms with Gasteiger partial charge in [0.25, 0.3) is 0 Å². The van der Waals surface area contributed by atoms with Crippen LogP contribution in [0.2, 0.25) is 0 Å². The highest BCUT2D eigenvalue weighted by Crippen LogP contribution is 2.15. The van der Waals surface area contributed by atoms with Crippen LogP contribution in [0.5, 0.6) is 5.75 Å². The first kappa shape index (κ1) is 19.9. The zero-order valence-electron chi connectivity index (χ0n) is 14.8. The van der Waals surface area contributed by atoms with Gasteiger partial charge in [-0.25, -0.2) is 0 Å². The van der Waals surface area contributed by atoms with Crippen molar-refractivity contribution in [3.63, 3.8) is 0 Å². The zero-order valence-corrected chi connectivity index (χ0v) is 14.8. The fourth-order valence-corrected chi connectivity index (χ4v) is 1.73. The zero-order chi connectivity index (χ0) is 18.0. The number of carbonyl (C=O) groups excluding carboxylic acids is 2. The molecule has 0 aromatic heterocycles. The Labute approximate surface area is 143 Å². The number of carbonyl (C=O) groups is 2. The third-order valence-corrected chi connectivity index (χ3v) is 3.23. The van der Waals surface area contributed by atoms with Gasteiger partial charge in [0.2, 0.25) is 0 Å². The number of esters is 1. The summed E-state index contributed by atoms with van der Waals surface area (Å²) in [6, 6.07) is 7.47. The highest BCUT2D eigenvalue weighted by molar-refractivity contribution is 5.75. The molecule has 1 unspecified atom stereocenters. The van der Waals surface area contributed by atoms with Gasteiger partial charge in [0, 0.05) is 0 Å². The lowest BCUT2D eigenvalue weighted by Crippen LogP contribution is -2.22. The Kier molecular flexibility index (Phi) is 8.19. The van der Waals surface area contributed by atoms with Gasteiger partial charge in [-0.1, -0.05) is 24.3 Å². The predicted octanol–water partition coefficient (Wildman–Crippen LogP) is 3.31. The van der Waals surface area contributed by atoms with Crippen molar-refractivity contribution in [3.05, 3.63) is 42.0 Å². The van der Waals surface area contributed by atoms with Gasteiger partial charge in [-0.3, -0.25) is 4.79 Å². The van der Waals surface area contributed by atoms with Crippen LogP contribution in [0.1, 0.15) is 32.8 Å². The Morgan fingerprint density at radius 3 is 2.38 bits per heavy atom. The maximum Gasteiger partial charge on any atom is 0.311 e. The lowest BCUT2D eigenvalue weighted by Gasteiger charge is -2.15. The van der Waals surface area contributed by atoms with Crippen LogP contribution < -0.4 is 4.74 Å². The van der Waals surface area contributed by atoms with E-state index in [0.29, 0.717) is 13.0 Å². The van der Waals surface area contributed by atoms with Crippen molar-refractivity contribution in [2.45, 2.75) is 39.9 Å². The van der Waals surface area contributed by atoms with E-state index in [1.54, 1.807) is 40.0 Å². The number of hydrogen-bond donors (Lipinski definition) is 0. The van der Waals surface area contributed by atoms with Gasteiger partial charge < -0.3 is 19.0 Å². The molecule has 1 atom stereocenters. The van der Waals surface area contributed by atoms with Gasteiger partial charge in [-0.2, -0.15) is 0 Å². The number of benzene rings is 1. The summed E-state index contributed by atoms with van der Waals surface area (Å²) in [5.41, 5.74) is 0.450. The van der Waals surface area contributed by atoms with E-state index in [9.17, 15) is 9.59 Å². The lowest BCUT2D eigenvalue weighted by molar-refractivity contribution is -0.151. The third kappa shape index (κ3) is 7.42. The van der Waals surface area contributed by atoms with Crippen molar-refractivity contribution < 1.29 is 23.8 Å². The molecule has 1 aromatic carbocycles. The van der Waals surface area contributed by atoms with Crippen LogP contribution >= 0.6 is 0 Å². The Hall–Kier alpha value is -2.14. The summed E-state index contributed by atoms with van der Waals surface area (Å²) < 4.78 is 15.8. The molecule has 24 heavy (non-hydrogen) atoms. The molecule has 0 heterocycles. The highest BCUT2D eigenvalue weighted by Gasteiger charge is 2.22. The molecule has 5 heteroatoms. The fourth-order valence-electron chi connectivity index (χ4n) is 1.73. The molecule has 0 amide bonds. The standard InChI is InChI=1S/C19H26O5/c1-19(2,3)18(21)23-12-6-5-7-17(13-20)24-14-15-8-10-16(22-4)11-9-15/h5-6,8-11,13,17H,7,12,14H2,1-4H3. The van der Waals surface area contributed by atoms with E-state index in [4.69, 9.17) is 14.2 Å². The van der Waals surface area contributed by atoms with Crippen molar-refractivity contribution in [2.24, 2.45) is 5.41 Å². The number of rotatable bonds is 9. The minimum atomic E-state index is -0.526. The molecular weight excluding hydrogens is 308 g/mol. The molecule has 1 aromatic rings. The second-order valence-electron chi connectivity index (χ2n) is 6.39. The van der Waals surface area contributed by atoms with E-state index in [-0.39, 0.29) is 12.6 Å². The molecule has 0 N–H and O–H groups in total. The van der Waals surface area contributed by atoms with Gasteiger partial charge >= 0.3 is 5.97 Å². The largest absolute Gasteiger partial charge is 0.497 e. The lowest BCUT2D eigenvalue weighted by atomic mass is 9.97. The Morgan fingerprint density at radius 2 is 1.83 bits per heavy atom. The Bertz CT molecular complexity index is 540. The van der Waals surface area contributed by atoms with Gasteiger partial charge in [0.05, 0.1) is 19.1 Å². The summed E-state index contributed by atoms with van der Waals surface area (Å²) in [6.07, 6.45) is 4.18. The number of methoxy groups -OCH3 is 1. The van der Waals surface area contributed by atoms with Crippen molar-refractivity contribution in [1.82, 2.24) is 0 Å². The average molecular weight is 334 g/mol. The van der Waals surface area contributed by atoms with E-state index in [2.05, 4.69) is 0 Å². The highest BCUT2D eigenvalue weighted by atomic mass is 16.5. The second kappa shape index (κ2) is 9.88. The van der Waals surface area contributed by atoms with E-state index >= 15 is 0 Å². The van der Waals surface area contributed by atoms with Crippen molar-refractivity contribution >= 4 is 12.3 Å².